The molecule has 0 saturated carbocycles. The van der Waals surface area contributed by atoms with Crippen molar-refractivity contribution in [3.63, 3.8) is 0 Å². The SMILES string of the molecule is C[C@H]1[C@H](NC(=O)c2ccc(Cl)s2)C2CCN1CC2. The first-order valence-corrected chi connectivity index (χ1v) is 7.65. The second-order valence-electron chi connectivity index (χ2n) is 5.22. The van der Waals surface area contributed by atoms with Crippen molar-refractivity contribution in [3.05, 3.63) is 21.3 Å². The van der Waals surface area contributed by atoms with E-state index in [1.807, 2.05) is 0 Å². The topological polar surface area (TPSA) is 32.3 Å². The third-order valence-electron chi connectivity index (χ3n) is 4.27. The fraction of sp³-hybridized carbons (Fsp3) is 0.615. The Hall–Kier alpha value is -0.580. The summed E-state index contributed by atoms with van der Waals surface area (Å²) >= 11 is 7.21. The molecule has 3 nitrogen and oxygen atoms in total. The molecule has 98 valence electrons. The Balaban J connectivity index is 1.71. The van der Waals surface area contributed by atoms with Crippen LogP contribution in [0.25, 0.3) is 0 Å². The van der Waals surface area contributed by atoms with Crippen LogP contribution >= 0.6 is 22.9 Å². The number of halogens is 1. The Kier molecular flexibility index (Phi) is 3.34. The van der Waals surface area contributed by atoms with Gasteiger partial charge in [-0.3, -0.25) is 9.69 Å². The molecule has 5 heteroatoms. The first-order valence-electron chi connectivity index (χ1n) is 6.45. The summed E-state index contributed by atoms with van der Waals surface area (Å²) in [4.78, 5) is 15.4. The van der Waals surface area contributed by atoms with Gasteiger partial charge >= 0.3 is 0 Å². The molecule has 4 heterocycles. The maximum Gasteiger partial charge on any atom is 0.261 e. The molecule has 0 radical (unpaired) electrons. The van der Waals surface area contributed by atoms with Crippen molar-refractivity contribution in [2.75, 3.05) is 13.1 Å². The van der Waals surface area contributed by atoms with Crippen molar-refractivity contribution >= 4 is 28.8 Å². The molecule has 0 aliphatic carbocycles. The number of carbonyl (C=O) groups is 1. The molecule has 18 heavy (non-hydrogen) atoms. The molecular formula is C13H17ClN2OS. The fourth-order valence-corrected chi connectivity index (χ4v) is 4.15. The number of rotatable bonds is 2. The minimum absolute atomic E-state index is 0.0255. The smallest absolute Gasteiger partial charge is 0.261 e. The summed E-state index contributed by atoms with van der Waals surface area (Å²) in [5.41, 5.74) is 0. The zero-order valence-corrected chi connectivity index (χ0v) is 11.9. The van der Waals surface area contributed by atoms with Gasteiger partial charge in [-0.2, -0.15) is 0 Å². The molecule has 3 aliphatic rings. The number of fused-ring (bicyclic) bond motifs is 3. The summed E-state index contributed by atoms with van der Waals surface area (Å²) in [6.45, 7) is 4.59. The van der Waals surface area contributed by atoms with Gasteiger partial charge in [-0.15, -0.1) is 11.3 Å². The molecule has 3 aliphatic heterocycles. The maximum absolute atomic E-state index is 12.2. The number of hydrogen-bond acceptors (Lipinski definition) is 3. The van der Waals surface area contributed by atoms with E-state index in [9.17, 15) is 4.79 Å². The fourth-order valence-electron chi connectivity index (χ4n) is 3.20. The number of hydrogen-bond donors (Lipinski definition) is 1. The average molecular weight is 285 g/mol. The lowest BCUT2D eigenvalue weighted by Gasteiger charge is -2.49. The molecular weight excluding hydrogens is 268 g/mol. The van der Waals surface area contributed by atoms with E-state index in [0.717, 1.165) is 0 Å². The lowest BCUT2D eigenvalue weighted by molar-refractivity contribution is 0.0218. The van der Waals surface area contributed by atoms with E-state index in [2.05, 4.69) is 17.1 Å². The molecule has 1 amide bonds. The summed E-state index contributed by atoms with van der Waals surface area (Å²) in [7, 11) is 0. The molecule has 0 spiro atoms. The Morgan fingerprint density at radius 1 is 1.44 bits per heavy atom. The van der Waals surface area contributed by atoms with Crippen molar-refractivity contribution in [2.24, 2.45) is 5.92 Å². The highest BCUT2D eigenvalue weighted by Gasteiger charge is 2.40. The van der Waals surface area contributed by atoms with E-state index < -0.39 is 0 Å². The third-order valence-corrected chi connectivity index (χ3v) is 5.50. The zero-order valence-electron chi connectivity index (χ0n) is 10.4. The molecule has 0 unspecified atom stereocenters. The number of amides is 1. The summed E-state index contributed by atoms with van der Waals surface area (Å²) in [5.74, 6) is 0.668. The minimum atomic E-state index is 0.0255. The predicted octanol–water partition coefficient (Wildman–Crippen LogP) is 2.61. The zero-order chi connectivity index (χ0) is 12.7. The second kappa shape index (κ2) is 4.83. The Labute approximate surface area is 116 Å². The normalized spacial score (nSPS) is 34.6. The summed E-state index contributed by atoms with van der Waals surface area (Å²) in [5, 5.41) is 3.20. The van der Waals surface area contributed by atoms with E-state index in [0.29, 0.717) is 27.2 Å². The van der Waals surface area contributed by atoms with Crippen LogP contribution in [0.3, 0.4) is 0 Å². The summed E-state index contributed by atoms with van der Waals surface area (Å²) in [6, 6.07) is 4.33. The molecule has 1 aromatic heterocycles. The van der Waals surface area contributed by atoms with Crippen molar-refractivity contribution in [1.29, 1.82) is 0 Å². The molecule has 4 rings (SSSR count). The van der Waals surface area contributed by atoms with Crippen LogP contribution in [0, 0.1) is 5.92 Å². The van der Waals surface area contributed by atoms with E-state index in [-0.39, 0.29) is 5.91 Å². The van der Waals surface area contributed by atoms with Gasteiger partial charge in [0.15, 0.2) is 0 Å². The van der Waals surface area contributed by atoms with E-state index >= 15 is 0 Å². The third kappa shape index (κ3) is 2.17. The highest BCUT2D eigenvalue weighted by atomic mass is 35.5. The lowest BCUT2D eigenvalue weighted by atomic mass is 9.79. The predicted molar refractivity (Wildman–Crippen MR) is 74.3 cm³/mol. The number of nitrogens with zero attached hydrogens (tertiary/aromatic N) is 1. The van der Waals surface area contributed by atoms with Gasteiger partial charge < -0.3 is 5.32 Å². The standard InChI is InChI=1S/C13H17ClN2OS/c1-8-12(9-4-6-16(8)7-5-9)15-13(17)10-2-3-11(14)18-10/h2-3,8-9,12H,4-7H2,1H3,(H,15,17)/t8-,12-/m0/s1. The second-order valence-corrected chi connectivity index (χ2v) is 6.93. The Bertz CT molecular complexity index is 452. The van der Waals surface area contributed by atoms with E-state index in [1.165, 1.54) is 37.3 Å². The maximum atomic E-state index is 12.2. The molecule has 3 fully saturated rings. The van der Waals surface area contributed by atoms with Crippen LogP contribution in [0.15, 0.2) is 12.1 Å². The quantitative estimate of drug-likeness (QED) is 0.905. The molecule has 1 aromatic rings. The van der Waals surface area contributed by atoms with Gasteiger partial charge in [0.2, 0.25) is 0 Å². The van der Waals surface area contributed by atoms with Gasteiger partial charge in [-0.25, -0.2) is 0 Å². The van der Waals surface area contributed by atoms with Gasteiger partial charge in [-0.05, 0) is 50.9 Å². The van der Waals surface area contributed by atoms with Crippen LogP contribution in [-0.4, -0.2) is 36.0 Å². The summed E-state index contributed by atoms with van der Waals surface area (Å²) < 4.78 is 0.669. The van der Waals surface area contributed by atoms with Crippen molar-refractivity contribution in [3.8, 4) is 0 Å². The van der Waals surface area contributed by atoms with Crippen LogP contribution in [0.2, 0.25) is 4.34 Å². The molecule has 3 saturated heterocycles. The monoisotopic (exact) mass is 284 g/mol. The Morgan fingerprint density at radius 3 is 2.72 bits per heavy atom. The molecule has 2 bridgehead atoms. The number of piperidine rings is 3. The largest absolute Gasteiger partial charge is 0.347 e. The summed E-state index contributed by atoms with van der Waals surface area (Å²) in [6.07, 6.45) is 2.42. The van der Waals surface area contributed by atoms with Crippen LogP contribution in [-0.2, 0) is 0 Å². The number of carbonyl (C=O) groups excluding carboxylic acids is 1. The van der Waals surface area contributed by atoms with Crippen LogP contribution < -0.4 is 5.32 Å². The van der Waals surface area contributed by atoms with Crippen LogP contribution in [0.4, 0.5) is 0 Å². The van der Waals surface area contributed by atoms with Crippen molar-refractivity contribution in [1.82, 2.24) is 10.2 Å². The van der Waals surface area contributed by atoms with Crippen molar-refractivity contribution < 1.29 is 4.79 Å². The number of nitrogens with one attached hydrogen (secondary N) is 1. The van der Waals surface area contributed by atoms with Gasteiger partial charge in [0.1, 0.15) is 0 Å². The van der Waals surface area contributed by atoms with E-state index in [4.69, 9.17) is 11.6 Å². The molecule has 2 atom stereocenters. The Morgan fingerprint density at radius 2 is 2.17 bits per heavy atom. The van der Waals surface area contributed by atoms with Gasteiger partial charge in [0.05, 0.1) is 9.21 Å². The minimum Gasteiger partial charge on any atom is -0.347 e. The van der Waals surface area contributed by atoms with Crippen LogP contribution in [0.5, 0.6) is 0 Å². The highest BCUT2D eigenvalue weighted by molar-refractivity contribution is 7.17. The first-order chi connectivity index (χ1) is 8.65. The van der Waals surface area contributed by atoms with Crippen LogP contribution in [0.1, 0.15) is 29.4 Å². The molecule has 0 aromatic carbocycles. The average Bonchev–Trinajstić information content (AvgIpc) is 2.81. The van der Waals surface area contributed by atoms with Gasteiger partial charge in [-0.1, -0.05) is 11.6 Å². The van der Waals surface area contributed by atoms with Crippen molar-refractivity contribution in [2.45, 2.75) is 31.8 Å². The highest BCUT2D eigenvalue weighted by Crippen LogP contribution is 2.32. The molecule has 1 N–H and O–H groups in total. The van der Waals surface area contributed by atoms with E-state index in [1.54, 1.807) is 12.1 Å². The number of thiophene rings is 1. The first kappa shape index (κ1) is 12.5. The van der Waals surface area contributed by atoms with Gasteiger partial charge in [0, 0.05) is 12.1 Å². The lowest BCUT2D eigenvalue weighted by Crippen LogP contribution is -2.62. The van der Waals surface area contributed by atoms with Gasteiger partial charge in [0.25, 0.3) is 5.91 Å².